The zero-order chi connectivity index (χ0) is 33.4. The fraction of sp³-hybridized carbons (Fsp3) is 0.294. The van der Waals surface area contributed by atoms with Gasteiger partial charge in [-0.1, -0.05) is 43.9 Å². The van der Waals surface area contributed by atoms with E-state index in [0.717, 1.165) is 10.3 Å². The van der Waals surface area contributed by atoms with Gasteiger partial charge in [0, 0.05) is 55.8 Å². The minimum absolute atomic E-state index is 0.00508. The maximum atomic E-state index is 16.5. The van der Waals surface area contributed by atoms with Crippen LogP contribution >= 0.6 is 11.3 Å². The van der Waals surface area contributed by atoms with Crippen LogP contribution in [0, 0.1) is 18.2 Å². The molecular weight excluding hydrogens is 619 g/mol. The SMILES string of the molecule is C=CC(=O)N1CC2(C1)CN(c1c(C(=O)NC)c(=O)n(-c3c(C)ccnc3C(C)C)c3nc(-c4cccc5sc(N)nc45)c(F)cc13)C2. The Morgan fingerprint density at radius 1 is 1.15 bits per heavy atom. The number of amides is 2. The third-order valence-corrected chi connectivity index (χ3v) is 9.90. The van der Waals surface area contributed by atoms with E-state index in [1.54, 1.807) is 29.3 Å². The molecule has 6 heterocycles. The van der Waals surface area contributed by atoms with Crippen LogP contribution in [0.4, 0.5) is 15.2 Å². The summed E-state index contributed by atoms with van der Waals surface area (Å²) in [5, 5.41) is 3.27. The molecule has 2 fully saturated rings. The number of pyridine rings is 3. The number of benzene rings is 1. The van der Waals surface area contributed by atoms with Crippen molar-refractivity contribution in [1.29, 1.82) is 0 Å². The van der Waals surface area contributed by atoms with Gasteiger partial charge in [0.2, 0.25) is 5.91 Å². The van der Waals surface area contributed by atoms with Gasteiger partial charge >= 0.3 is 0 Å². The van der Waals surface area contributed by atoms with Crippen molar-refractivity contribution < 1.29 is 14.0 Å². The number of nitrogens with zero attached hydrogens (tertiary/aromatic N) is 6. The number of aryl methyl sites for hydroxylation is 1. The third kappa shape index (κ3) is 4.67. The van der Waals surface area contributed by atoms with Gasteiger partial charge in [-0.2, -0.15) is 0 Å². The number of hydrogen-bond acceptors (Lipinski definition) is 9. The summed E-state index contributed by atoms with van der Waals surface area (Å²) in [6, 6.07) is 8.51. The number of hydrogen-bond donors (Lipinski definition) is 2. The second-order valence-electron chi connectivity index (χ2n) is 12.6. The van der Waals surface area contributed by atoms with Gasteiger partial charge in [-0.25, -0.2) is 14.4 Å². The van der Waals surface area contributed by atoms with E-state index in [0.29, 0.717) is 64.8 Å². The van der Waals surface area contributed by atoms with Crippen LogP contribution in [0.1, 0.15) is 41.4 Å². The number of rotatable bonds is 6. The Hall–Kier alpha value is -5.17. The van der Waals surface area contributed by atoms with Crippen LogP contribution < -0.4 is 21.5 Å². The zero-order valence-electron chi connectivity index (χ0n) is 26.4. The van der Waals surface area contributed by atoms with E-state index in [1.165, 1.54) is 35.1 Å². The summed E-state index contributed by atoms with van der Waals surface area (Å²) in [5.41, 5.74) is 8.42. The number of nitrogens with one attached hydrogen (secondary N) is 1. The lowest BCUT2D eigenvalue weighted by Crippen LogP contribution is -2.73. The normalized spacial score (nSPS) is 15.3. The second kappa shape index (κ2) is 11.0. The summed E-state index contributed by atoms with van der Waals surface area (Å²) in [6.07, 6.45) is 2.97. The van der Waals surface area contributed by atoms with Crippen molar-refractivity contribution in [3.8, 4) is 16.9 Å². The Balaban J connectivity index is 1.53. The number of halogens is 1. The van der Waals surface area contributed by atoms with Gasteiger partial charge in [0.25, 0.3) is 11.5 Å². The number of likely N-dealkylation sites (tertiary alicyclic amines) is 1. The molecule has 0 radical (unpaired) electrons. The molecule has 47 heavy (non-hydrogen) atoms. The quantitative estimate of drug-likeness (QED) is 0.258. The molecule has 13 heteroatoms. The van der Waals surface area contributed by atoms with E-state index in [2.05, 4.69) is 21.9 Å². The smallest absolute Gasteiger partial charge is 0.271 e. The van der Waals surface area contributed by atoms with Gasteiger partial charge in [0.1, 0.15) is 17.1 Å². The predicted octanol–water partition coefficient (Wildman–Crippen LogP) is 4.40. The number of anilines is 2. The molecule has 240 valence electrons. The lowest BCUT2D eigenvalue weighted by molar-refractivity contribution is -0.139. The van der Waals surface area contributed by atoms with Crippen molar-refractivity contribution in [3.63, 3.8) is 0 Å². The number of thiazole rings is 1. The molecule has 2 saturated heterocycles. The Morgan fingerprint density at radius 2 is 1.89 bits per heavy atom. The number of fused-ring (bicyclic) bond motifs is 2. The molecule has 0 aliphatic carbocycles. The molecule has 0 unspecified atom stereocenters. The number of aromatic nitrogens is 4. The third-order valence-electron chi connectivity index (χ3n) is 9.05. The highest BCUT2D eigenvalue weighted by Gasteiger charge is 2.54. The van der Waals surface area contributed by atoms with E-state index in [9.17, 15) is 14.4 Å². The van der Waals surface area contributed by atoms with Gasteiger partial charge in [-0.3, -0.25) is 23.9 Å². The van der Waals surface area contributed by atoms with Crippen molar-refractivity contribution in [3.05, 3.63) is 82.2 Å². The predicted molar refractivity (Wildman–Crippen MR) is 182 cm³/mol. The summed E-state index contributed by atoms with van der Waals surface area (Å²) >= 11 is 1.29. The first kappa shape index (κ1) is 30.5. The van der Waals surface area contributed by atoms with Gasteiger partial charge in [-0.15, -0.1) is 0 Å². The molecule has 2 amide bonds. The van der Waals surface area contributed by atoms with Crippen LogP contribution in [0.2, 0.25) is 0 Å². The first-order valence-electron chi connectivity index (χ1n) is 15.3. The van der Waals surface area contributed by atoms with E-state index >= 15 is 4.39 Å². The Morgan fingerprint density at radius 3 is 2.57 bits per heavy atom. The molecule has 0 saturated carbocycles. The fourth-order valence-corrected chi connectivity index (χ4v) is 7.69. The minimum Gasteiger partial charge on any atom is -0.375 e. The average Bonchev–Trinajstić information content (AvgIpc) is 3.39. The topological polar surface area (TPSA) is 139 Å². The maximum Gasteiger partial charge on any atom is 0.271 e. The Bertz CT molecular complexity index is 2210. The van der Waals surface area contributed by atoms with Crippen LogP contribution in [0.3, 0.4) is 0 Å². The summed E-state index contributed by atoms with van der Waals surface area (Å²) < 4.78 is 18.6. The summed E-state index contributed by atoms with van der Waals surface area (Å²) in [5.74, 6) is -1.47. The van der Waals surface area contributed by atoms with E-state index in [-0.39, 0.29) is 34.1 Å². The Kier molecular flexibility index (Phi) is 7.12. The molecule has 1 aromatic carbocycles. The van der Waals surface area contributed by atoms with Crippen LogP contribution in [-0.4, -0.2) is 69.5 Å². The van der Waals surface area contributed by atoms with Crippen LogP contribution in [0.25, 0.3) is 38.2 Å². The van der Waals surface area contributed by atoms with E-state index in [1.807, 2.05) is 31.7 Å². The maximum absolute atomic E-state index is 16.5. The van der Waals surface area contributed by atoms with Crippen molar-refractivity contribution in [2.24, 2.45) is 5.41 Å². The van der Waals surface area contributed by atoms with Crippen molar-refractivity contribution >= 4 is 55.2 Å². The van der Waals surface area contributed by atoms with Crippen LogP contribution in [0.15, 0.2) is 54.0 Å². The molecule has 2 aliphatic heterocycles. The average molecular weight is 653 g/mol. The molecular formula is C34H33FN8O3S. The van der Waals surface area contributed by atoms with Crippen LogP contribution in [-0.2, 0) is 4.79 Å². The molecule has 2 aliphatic rings. The molecule has 0 bridgehead atoms. The largest absolute Gasteiger partial charge is 0.375 e. The molecule has 11 nitrogen and oxygen atoms in total. The highest BCUT2D eigenvalue weighted by molar-refractivity contribution is 7.22. The number of carbonyl (C=O) groups excluding carboxylic acids is 2. The molecule has 3 N–H and O–H groups in total. The fourth-order valence-electron chi connectivity index (χ4n) is 6.93. The van der Waals surface area contributed by atoms with Gasteiger partial charge in [0.15, 0.2) is 10.8 Å². The monoisotopic (exact) mass is 652 g/mol. The summed E-state index contributed by atoms with van der Waals surface area (Å²) in [4.78, 5) is 58.1. The first-order chi connectivity index (χ1) is 22.5. The van der Waals surface area contributed by atoms with E-state index < -0.39 is 17.3 Å². The highest BCUT2D eigenvalue weighted by atomic mass is 32.1. The number of nitrogen functional groups attached to an aromatic ring is 1. The lowest BCUT2D eigenvalue weighted by atomic mass is 9.72. The number of carbonyl (C=O) groups is 2. The second-order valence-corrected chi connectivity index (χ2v) is 13.7. The highest BCUT2D eigenvalue weighted by Crippen LogP contribution is 2.45. The van der Waals surface area contributed by atoms with Gasteiger partial charge < -0.3 is 20.9 Å². The molecule has 1 spiro atoms. The minimum atomic E-state index is -0.639. The van der Waals surface area contributed by atoms with E-state index in [4.69, 9.17) is 10.7 Å². The molecule has 7 rings (SSSR count). The number of nitrogens with two attached hydrogens (primary N) is 1. The van der Waals surface area contributed by atoms with Gasteiger partial charge in [0.05, 0.1) is 27.3 Å². The van der Waals surface area contributed by atoms with Crippen molar-refractivity contribution in [2.45, 2.75) is 26.7 Å². The van der Waals surface area contributed by atoms with Crippen molar-refractivity contribution in [1.82, 2.24) is 29.7 Å². The molecule has 4 aromatic heterocycles. The summed E-state index contributed by atoms with van der Waals surface area (Å²) in [6.45, 7) is 11.4. The summed E-state index contributed by atoms with van der Waals surface area (Å²) in [7, 11) is 1.46. The standard InChI is InChI=1S/C34H33FN8O3S/c1-6-23(44)41-13-34(14-41)15-42(16-34)29-20-12-21(35)26(19-8-7-9-22-27(19)40-33(36)47-22)39-30(20)43(32(46)24(29)31(45)37-5)28-18(4)10-11-38-25(28)17(2)3/h6-12,17H,1,13-16H2,2-5H3,(H2,36,40)(H,37,45). The Labute approximate surface area is 273 Å². The zero-order valence-corrected chi connectivity index (χ0v) is 27.2. The lowest BCUT2D eigenvalue weighted by Gasteiger charge is -2.61. The molecule has 5 aromatic rings. The van der Waals surface area contributed by atoms with Gasteiger partial charge in [-0.05, 0) is 42.7 Å². The number of para-hydroxylation sites is 1. The van der Waals surface area contributed by atoms with Crippen molar-refractivity contribution in [2.75, 3.05) is 43.9 Å². The van der Waals surface area contributed by atoms with Crippen LogP contribution in [0.5, 0.6) is 0 Å². The molecule has 0 atom stereocenters. The first-order valence-corrected chi connectivity index (χ1v) is 16.1.